The molecule has 3 rings (SSSR count). The first-order valence-electron chi connectivity index (χ1n) is 7.47. The van der Waals surface area contributed by atoms with Crippen molar-refractivity contribution in [3.8, 4) is 0 Å². The van der Waals surface area contributed by atoms with E-state index in [1.54, 1.807) is 4.90 Å². The third-order valence-electron chi connectivity index (χ3n) is 4.33. The van der Waals surface area contributed by atoms with E-state index in [0.29, 0.717) is 11.6 Å². The lowest BCUT2D eigenvalue weighted by Crippen LogP contribution is -2.64. The second-order valence-electron chi connectivity index (χ2n) is 7.55. The summed E-state index contributed by atoms with van der Waals surface area (Å²) >= 11 is 0. The van der Waals surface area contributed by atoms with Crippen LogP contribution in [-0.2, 0) is 4.74 Å². The van der Waals surface area contributed by atoms with Crippen molar-refractivity contribution in [2.24, 2.45) is 5.41 Å². The van der Waals surface area contributed by atoms with Crippen LogP contribution in [0.15, 0.2) is 6.07 Å². The van der Waals surface area contributed by atoms with Gasteiger partial charge in [0.15, 0.2) is 0 Å². The molecule has 1 aliphatic heterocycles. The van der Waals surface area contributed by atoms with Gasteiger partial charge in [-0.25, -0.2) is 4.79 Å². The van der Waals surface area contributed by atoms with Crippen LogP contribution >= 0.6 is 0 Å². The molecule has 1 saturated heterocycles. The fourth-order valence-corrected chi connectivity index (χ4v) is 3.47. The zero-order chi connectivity index (χ0) is 15.4. The molecule has 112 valence electrons. The molecule has 0 N–H and O–H groups in total. The number of aromatic nitrogens is 2. The molecular formula is C15H22BN3O2. The zero-order valence-electron chi connectivity index (χ0n) is 13.2. The second kappa shape index (κ2) is 4.52. The highest BCUT2D eigenvalue weighted by Gasteiger charge is 2.55. The first kappa shape index (κ1) is 14.5. The van der Waals surface area contributed by atoms with E-state index in [0.717, 1.165) is 31.6 Å². The summed E-state index contributed by atoms with van der Waals surface area (Å²) < 4.78 is 7.41. The van der Waals surface area contributed by atoms with Gasteiger partial charge in [-0.1, -0.05) is 0 Å². The SMILES string of the molecule is [B]c1cc(C)n(C2CC3(C2)CN(C(=O)OC(C)(C)C)C3)n1. The summed E-state index contributed by atoms with van der Waals surface area (Å²) in [6.45, 7) is 9.31. The van der Waals surface area contributed by atoms with Gasteiger partial charge in [0.25, 0.3) is 0 Å². The molecular weight excluding hydrogens is 265 g/mol. The van der Waals surface area contributed by atoms with Crippen LogP contribution in [-0.4, -0.2) is 47.3 Å². The van der Waals surface area contributed by atoms with Gasteiger partial charge < -0.3 is 9.64 Å². The van der Waals surface area contributed by atoms with Gasteiger partial charge in [0.05, 0.1) is 6.04 Å². The molecule has 1 aromatic heterocycles. The van der Waals surface area contributed by atoms with Gasteiger partial charge in [-0.2, -0.15) is 5.10 Å². The van der Waals surface area contributed by atoms with Crippen LogP contribution in [0.1, 0.15) is 45.3 Å². The van der Waals surface area contributed by atoms with Gasteiger partial charge >= 0.3 is 6.09 Å². The zero-order valence-corrected chi connectivity index (χ0v) is 13.2. The number of carbonyl (C=O) groups excluding carboxylic acids is 1. The Balaban J connectivity index is 1.52. The molecule has 2 heterocycles. The highest BCUT2D eigenvalue weighted by atomic mass is 16.6. The van der Waals surface area contributed by atoms with Crippen LogP contribution in [0.2, 0.25) is 0 Å². The smallest absolute Gasteiger partial charge is 0.410 e. The lowest BCUT2D eigenvalue weighted by atomic mass is 9.61. The van der Waals surface area contributed by atoms with E-state index in [4.69, 9.17) is 12.6 Å². The van der Waals surface area contributed by atoms with Gasteiger partial charge in [-0.05, 0) is 46.6 Å². The summed E-state index contributed by atoms with van der Waals surface area (Å²) in [7, 11) is 5.73. The Morgan fingerprint density at radius 1 is 1.43 bits per heavy atom. The number of hydrogen-bond donors (Lipinski definition) is 0. The fraction of sp³-hybridized carbons (Fsp3) is 0.733. The Labute approximate surface area is 127 Å². The number of carbonyl (C=O) groups is 1. The monoisotopic (exact) mass is 287 g/mol. The van der Waals surface area contributed by atoms with Gasteiger partial charge in [0, 0.05) is 29.8 Å². The Hall–Kier alpha value is -1.46. The molecule has 2 fully saturated rings. The largest absolute Gasteiger partial charge is 0.444 e. The number of rotatable bonds is 1. The predicted molar refractivity (Wildman–Crippen MR) is 80.9 cm³/mol. The summed E-state index contributed by atoms with van der Waals surface area (Å²) in [5, 5.41) is 4.35. The molecule has 0 atom stereocenters. The molecule has 5 nitrogen and oxygen atoms in total. The first-order valence-corrected chi connectivity index (χ1v) is 7.47. The number of ether oxygens (including phenoxy) is 1. The Kier molecular flexibility index (Phi) is 3.12. The van der Waals surface area contributed by atoms with E-state index < -0.39 is 5.60 Å². The van der Waals surface area contributed by atoms with E-state index in [1.807, 2.05) is 38.4 Å². The van der Waals surface area contributed by atoms with Crippen molar-refractivity contribution in [2.45, 2.75) is 52.2 Å². The van der Waals surface area contributed by atoms with Crippen molar-refractivity contribution >= 4 is 19.5 Å². The maximum absolute atomic E-state index is 11.9. The third-order valence-corrected chi connectivity index (χ3v) is 4.33. The summed E-state index contributed by atoms with van der Waals surface area (Å²) in [4.78, 5) is 13.7. The van der Waals surface area contributed by atoms with Crippen molar-refractivity contribution in [1.82, 2.24) is 14.7 Å². The quantitative estimate of drug-likeness (QED) is 0.736. The van der Waals surface area contributed by atoms with Crippen LogP contribution < -0.4 is 5.59 Å². The minimum atomic E-state index is -0.425. The number of aryl methyl sites for hydroxylation is 1. The molecule has 1 aliphatic carbocycles. The Morgan fingerprint density at radius 2 is 2.05 bits per heavy atom. The molecule has 6 heteroatoms. The molecule has 0 bridgehead atoms. The van der Waals surface area contributed by atoms with Gasteiger partial charge in [0.1, 0.15) is 13.4 Å². The molecule has 1 saturated carbocycles. The van der Waals surface area contributed by atoms with E-state index in [1.165, 1.54) is 0 Å². The van der Waals surface area contributed by atoms with E-state index >= 15 is 0 Å². The van der Waals surface area contributed by atoms with Crippen molar-refractivity contribution in [3.63, 3.8) is 0 Å². The Bertz CT molecular complexity index is 562. The van der Waals surface area contributed by atoms with Crippen LogP contribution in [0.5, 0.6) is 0 Å². The van der Waals surface area contributed by atoms with Crippen molar-refractivity contribution in [1.29, 1.82) is 0 Å². The average molecular weight is 287 g/mol. The minimum Gasteiger partial charge on any atom is -0.444 e. The van der Waals surface area contributed by atoms with Crippen molar-refractivity contribution in [2.75, 3.05) is 13.1 Å². The molecule has 1 amide bonds. The van der Waals surface area contributed by atoms with Gasteiger partial charge in [-0.15, -0.1) is 0 Å². The van der Waals surface area contributed by atoms with Crippen LogP contribution in [0.3, 0.4) is 0 Å². The number of likely N-dealkylation sites (tertiary alicyclic amines) is 1. The molecule has 1 aromatic rings. The third kappa shape index (κ3) is 2.68. The van der Waals surface area contributed by atoms with Crippen LogP contribution in [0.25, 0.3) is 0 Å². The molecule has 2 aliphatic rings. The average Bonchev–Trinajstić information content (AvgIpc) is 2.51. The number of hydrogen-bond acceptors (Lipinski definition) is 3. The standard InChI is InChI=1S/C15H22BN3O2/c1-10-5-12(16)17-19(10)11-6-15(7-11)8-18(9-15)13(20)21-14(2,3)4/h5,11H,6-9H2,1-4H3. The minimum absolute atomic E-state index is 0.198. The van der Waals surface area contributed by atoms with Gasteiger partial charge in [-0.3, -0.25) is 4.68 Å². The summed E-state index contributed by atoms with van der Waals surface area (Å²) in [6.07, 6.45) is 1.93. The second-order valence-corrected chi connectivity index (χ2v) is 7.55. The van der Waals surface area contributed by atoms with E-state index in [-0.39, 0.29) is 11.5 Å². The Morgan fingerprint density at radius 3 is 2.52 bits per heavy atom. The predicted octanol–water partition coefficient (Wildman–Crippen LogP) is 1.56. The van der Waals surface area contributed by atoms with E-state index in [2.05, 4.69) is 5.10 Å². The molecule has 21 heavy (non-hydrogen) atoms. The number of nitrogens with zero attached hydrogens (tertiary/aromatic N) is 3. The molecule has 1 spiro atoms. The maximum Gasteiger partial charge on any atom is 0.410 e. The summed E-state index contributed by atoms with van der Waals surface area (Å²) in [6, 6.07) is 2.32. The normalized spacial score (nSPS) is 21.0. The van der Waals surface area contributed by atoms with Crippen molar-refractivity contribution < 1.29 is 9.53 Å². The molecule has 0 unspecified atom stereocenters. The lowest BCUT2D eigenvalue weighted by molar-refractivity contribution is -0.0930. The lowest BCUT2D eigenvalue weighted by Gasteiger charge is -2.58. The highest BCUT2D eigenvalue weighted by Crippen LogP contribution is 2.54. The van der Waals surface area contributed by atoms with Gasteiger partial charge in [0.2, 0.25) is 0 Å². The topological polar surface area (TPSA) is 47.4 Å². The van der Waals surface area contributed by atoms with E-state index in [9.17, 15) is 4.79 Å². The van der Waals surface area contributed by atoms with Crippen LogP contribution in [0, 0.1) is 12.3 Å². The summed E-state index contributed by atoms with van der Waals surface area (Å²) in [5.74, 6) is 0. The van der Waals surface area contributed by atoms with Crippen molar-refractivity contribution in [3.05, 3.63) is 11.8 Å². The molecule has 0 aromatic carbocycles. The first-order chi connectivity index (χ1) is 9.67. The highest BCUT2D eigenvalue weighted by molar-refractivity contribution is 6.30. The number of amides is 1. The van der Waals surface area contributed by atoms with Crippen LogP contribution in [0.4, 0.5) is 4.79 Å². The summed E-state index contributed by atoms with van der Waals surface area (Å²) in [5.41, 5.74) is 1.54. The fourth-order valence-electron chi connectivity index (χ4n) is 3.47. The molecule has 2 radical (unpaired) electrons. The maximum atomic E-state index is 11.9.